The second-order valence-corrected chi connectivity index (χ2v) is 13.7. The van der Waals surface area contributed by atoms with Crippen LogP contribution in [0.4, 0.5) is 0 Å². The minimum absolute atomic E-state index is 0.0228. The third-order valence-corrected chi connectivity index (χ3v) is 8.57. The van der Waals surface area contributed by atoms with E-state index in [9.17, 15) is 14.7 Å². The Morgan fingerprint density at radius 1 is 1.05 bits per heavy atom. The molecule has 0 saturated carbocycles. The fraction of sp³-hybridized carbons (Fsp3) is 0.500. The lowest BCUT2D eigenvalue weighted by atomic mass is 9.80. The Morgan fingerprint density at radius 2 is 1.69 bits per heavy atom. The maximum absolute atomic E-state index is 13.7. The number of amides is 1. The normalized spacial score (nSPS) is 15.2. The molecule has 0 fully saturated rings. The summed E-state index contributed by atoms with van der Waals surface area (Å²) in [5, 5.41) is 14.2. The van der Waals surface area contributed by atoms with Gasteiger partial charge < -0.3 is 19.8 Å². The average molecular weight is 551 g/mol. The minimum atomic E-state index is -0.982. The zero-order chi connectivity index (χ0) is 28.6. The van der Waals surface area contributed by atoms with E-state index < -0.39 is 22.2 Å². The first-order valence-corrected chi connectivity index (χ1v) is 14.2. The van der Waals surface area contributed by atoms with Gasteiger partial charge in [0.15, 0.2) is 0 Å². The number of nitrogens with one attached hydrogen (secondary N) is 1. The monoisotopic (exact) mass is 550 g/mol. The number of thiazole rings is 1. The number of carbonyl (C=O) groups excluding carboxylic acids is 2. The van der Waals surface area contributed by atoms with E-state index in [-0.39, 0.29) is 24.8 Å². The molecule has 0 unspecified atom stereocenters. The van der Waals surface area contributed by atoms with Gasteiger partial charge in [-0.05, 0) is 84.6 Å². The van der Waals surface area contributed by atoms with Gasteiger partial charge in [-0.25, -0.2) is 4.98 Å². The van der Waals surface area contributed by atoms with E-state index in [1.54, 1.807) is 13.8 Å². The molecular weight excluding hydrogens is 511 g/mol. The molecule has 1 aliphatic carbocycles. The van der Waals surface area contributed by atoms with Gasteiger partial charge in [0.1, 0.15) is 10.6 Å². The van der Waals surface area contributed by atoms with E-state index in [1.165, 1.54) is 11.3 Å². The van der Waals surface area contributed by atoms with Crippen LogP contribution in [0.2, 0.25) is 0 Å². The molecule has 0 saturated heterocycles. The quantitative estimate of drug-likeness (QED) is 0.309. The van der Waals surface area contributed by atoms with Crippen molar-refractivity contribution in [2.24, 2.45) is 5.41 Å². The Kier molecular flexibility index (Phi) is 8.00. The Labute approximate surface area is 235 Å². The van der Waals surface area contributed by atoms with Gasteiger partial charge in [0.05, 0.1) is 39.8 Å². The van der Waals surface area contributed by atoms with E-state index in [2.05, 4.69) is 5.32 Å². The van der Waals surface area contributed by atoms with E-state index >= 15 is 0 Å². The van der Waals surface area contributed by atoms with Crippen molar-refractivity contribution in [3.8, 4) is 0 Å². The van der Waals surface area contributed by atoms with E-state index in [0.717, 1.165) is 31.8 Å². The minimum Gasteiger partial charge on any atom is -0.460 e. The number of carbonyl (C=O) groups is 2. The second kappa shape index (κ2) is 10.7. The fourth-order valence-electron chi connectivity index (χ4n) is 4.68. The van der Waals surface area contributed by atoms with Crippen molar-refractivity contribution in [1.29, 1.82) is 0 Å². The van der Waals surface area contributed by atoms with Crippen LogP contribution < -0.4 is 10.8 Å². The largest absolute Gasteiger partial charge is 0.460 e. The van der Waals surface area contributed by atoms with Crippen LogP contribution in [-0.4, -0.2) is 46.3 Å². The lowest BCUT2D eigenvalue weighted by Crippen LogP contribution is -2.49. The van der Waals surface area contributed by atoms with Gasteiger partial charge in [-0.3, -0.25) is 9.59 Å². The molecule has 0 aliphatic heterocycles. The van der Waals surface area contributed by atoms with E-state index in [4.69, 9.17) is 14.4 Å². The summed E-state index contributed by atoms with van der Waals surface area (Å²) in [6.07, 6.45) is 1.02. The molecule has 1 amide bonds. The van der Waals surface area contributed by atoms with Crippen molar-refractivity contribution < 1.29 is 24.1 Å². The number of esters is 1. The molecule has 1 heterocycles. The van der Waals surface area contributed by atoms with E-state index in [1.807, 2.05) is 77.1 Å². The summed E-state index contributed by atoms with van der Waals surface area (Å²) in [6, 6.07) is 14.0. The van der Waals surface area contributed by atoms with Gasteiger partial charge in [0, 0.05) is 0 Å². The lowest BCUT2D eigenvalue weighted by molar-refractivity contribution is -0.160. The molecule has 0 radical (unpaired) electrons. The van der Waals surface area contributed by atoms with Crippen LogP contribution in [0.15, 0.2) is 42.5 Å². The summed E-state index contributed by atoms with van der Waals surface area (Å²) in [6.45, 7) is 13.0. The van der Waals surface area contributed by atoms with Crippen molar-refractivity contribution >= 4 is 46.4 Å². The molecule has 2 aromatic carbocycles. The van der Waals surface area contributed by atoms with E-state index in [0.29, 0.717) is 20.3 Å². The van der Waals surface area contributed by atoms with Crippen molar-refractivity contribution in [1.82, 2.24) is 10.3 Å². The van der Waals surface area contributed by atoms with Gasteiger partial charge in [-0.2, -0.15) is 0 Å². The standard InChI is InChI=1S/C30H39BN2O5S/c1-27(2,3)37-25(34)17-30(15-19-10-8-9-11-20(19)16-30)26(35)32-18-24-33-22-14-21(12-13-23(22)39-24)31-38-29(6,7)28(4,5)36/h8-14,31,36H,15-18H2,1-7H3,(H,32,35). The van der Waals surface area contributed by atoms with Crippen LogP contribution >= 0.6 is 11.3 Å². The first kappa shape index (κ1) is 29.2. The van der Waals surface area contributed by atoms with Gasteiger partial charge in [-0.1, -0.05) is 35.8 Å². The molecule has 1 aliphatic rings. The topological polar surface area (TPSA) is 97.8 Å². The summed E-state index contributed by atoms with van der Waals surface area (Å²) in [5.74, 6) is -0.528. The summed E-state index contributed by atoms with van der Waals surface area (Å²) in [5.41, 5.74) is 0.788. The molecule has 7 nitrogen and oxygen atoms in total. The zero-order valence-electron chi connectivity index (χ0n) is 24.0. The van der Waals surface area contributed by atoms with Gasteiger partial charge >= 0.3 is 13.5 Å². The fourth-order valence-corrected chi connectivity index (χ4v) is 5.57. The van der Waals surface area contributed by atoms with Crippen molar-refractivity contribution in [2.45, 2.75) is 91.1 Å². The van der Waals surface area contributed by atoms with Crippen LogP contribution in [0.25, 0.3) is 10.2 Å². The predicted molar refractivity (Wildman–Crippen MR) is 156 cm³/mol. The van der Waals surface area contributed by atoms with Crippen LogP contribution in [0.5, 0.6) is 0 Å². The second-order valence-electron chi connectivity index (χ2n) is 12.6. The number of benzene rings is 2. The highest BCUT2D eigenvalue weighted by Crippen LogP contribution is 2.41. The van der Waals surface area contributed by atoms with Gasteiger partial charge in [-0.15, -0.1) is 11.3 Å². The zero-order valence-corrected chi connectivity index (χ0v) is 24.8. The van der Waals surface area contributed by atoms with Gasteiger partial charge in [0.25, 0.3) is 0 Å². The molecule has 0 bridgehead atoms. The lowest BCUT2D eigenvalue weighted by Gasteiger charge is -2.37. The average Bonchev–Trinajstić information content (AvgIpc) is 3.40. The molecule has 208 valence electrons. The van der Waals surface area contributed by atoms with Crippen molar-refractivity contribution in [2.75, 3.05) is 0 Å². The number of aromatic nitrogens is 1. The number of fused-ring (bicyclic) bond motifs is 2. The Hall–Kier alpha value is -2.75. The van der Waals surface area contributed by atoms with Crippen molar-refractivity contribution in [3.05, 3.63) is 58.6 Å². The van der Waals surface area contributed by atoms with Gasteiger partial charge in [0.2, 0.25) is 5.91 Å². The molecule has 3 aromatic rings. The number of ether oxygens (including phenoxy) is 1. The molecule has 39 heavy (non-hydrogen) atoms. The predicted octanol–water partition coefficient (Wildman–Crippen LogP) is 3.97. The number of rotatable bonds is 9. The summed E-state index contributed by atoms with van der Waals surface area (Å²) in [7, 11) is 0.351. The molecule has 0 spiro atoms. The Balaban J connectivity index is 1.46. The number of hydrogen-bond donors (Lipinski definition) is 2. The Morgan fingerprint density at radius 3 is 2.28 bits per heavy atom. The highest BCUT2D eigenvalue weighted by Gasteiger charge is 2.46. The summed E-state index contributed by atoms with van der Waals surface area (Å²) in [4.78, 5) is 31.2. The summed E-state index contributed by atoms with van der Waals surface area (Å²) >= 11 is 1.53. The maximum Gasteiger partial charge on any atom is 0.309 e. The molecule has 0 atom stereocenters. The molecule has 2 N–H and O–H groups in total. The SMILES string of the molecule is CC(C)(C)OC(=O)CC1(C(=O)NCc2nc3cc(BOC(C)(C)C(C)(C)O)ccc3s2)Cc2ccccc2C1. The van der Waals surface area contributed by atoms with Crippen LogP contribution in [0.3, 0.4) is 0 Å². The summed E-state index contributed by atoms with van der Waals surface area (Å²) < 4.78 is 12.6. The highest BCUT2D eigenvalue weighted by atomic mass is 32.1. The number of aliphatic hydroxyl groups is 1. The smallest absolute Gasteiger partial charge is 0.309 e. The molecule has 4 rings (SSSR count). The van der Waals surface area contributed by atoms with Crippen LogP contribution in [0, 0.1) is 5.41 Å². The third-order valence-electron chi connectivity index (χ3n) is 7.53. The highest BCUT2D eigenvalue weighted by molar-refractivity contribution is 7.18. The van der Waals surface area contributed by atoms with Crippen LogP contribution in [0.1, 0.15) is 71.0 Å². The third kappa shape index (κ3) is 6.88. The van der Waals surface area contributed by atoms with Crippen molar-refractivity contribution in [3.63, 3.8) is 0 Å². The first-order valence-electron chi connectivity index (χ1n) is 13.4. The Bertz CT molecular complexity index is 1340. The molecular formula is C30H39BN2O5S. The van der Waals surface area contributed by atoms with Crippen LogP contribution in [-0.2, 0) is 38.4 Å². The molecule has 9 heteroatoms. The molecule has 1 aromatic heterocycles. The number of hydrogen-bond acceptors (Lipinski definition) is 7. The first-order chi connectivity index (χ1) is 18.1. The number of nitrogens with zero attached hydrogens (tertiary/aromatic N) is 1. The maximum atomic E-state index is 13.7.